The Bertz CT molecular complexity index is 719. The van der Waals surface area contributed by atoms with E-state index in [1.54, 1.807) is 43.5 Å². The highest BCUT2D eigenvalue weighted by molar-refractivity contribution is 14.1. The third kappa shape index (κ3) is 6.35. The number of ether oxygens (including phenoxy) is 2. The van der Waals surface area contributed by atoms with E-state index < -0.39 is 0 Å². The third-order valence-electron chi connectivity index (χ3n) is 3.22. The van der Waals surface area contributed by atoms with Gasteiger partial charge in [0.25, 0.3) is 5.91 Å². The molecule has 0 radical (unpaired) electrons. The highest BCUT2D eigenvalue weighted by Gasteiger charge is 2.10. The van der Waals surface area contributed by atoms with Crippen LogP contribution in [0.25, 0.3) is 0 Å². The molecular weight excluding hydrogens is 435 g/mol. The quantitative estimate of drug-likeness (QED) is 0.475. The lowest BCUT2D eigenvalue weighted by Crippen LogP contribution is -2.33. The van der Waals surface area contributed by atoms with Gasteiger partial charge in [-0.1, -0.05) is 12.1 Å². The van der Waals surface area contributed by atoms with Gasteiger partial charge >= 0.3 is 0 Å². The van der Waals surface area contributed by atoms with Crippen molar-refractivity contribution in [3.63, 3.8) is 0 Å². The molecular formula is C18H19IN2O4. The van der Waals surface area contributed by atoms with E-state index >= 15 is 0 Å². The molecule has 0 fully saturated rings. The number of rotatable bonds is 8. The fraction of sp³-hybridized carbons (Fsp3) is 0.222. The van der Waals surface area contributed by atoms with Crippen LogP contribution >= 0.6 is 22.6 Å². The maximum atomic E-state index is 12.1. The van der Waals surface area contributed by atoms with Crippen LogP contribution in [-0.2, 0) is 9.53 Å². The molecule has 2 N–H and O–H groups in total. The van der Waals surface area contributed by atoms with Crippen LogP contribution in [0.3, 0.4) is 0 Å². The van der Waals surface area contributed by atoms with Crippen LogP contribution in [0.15, 0.2) is 48.5 Å². The smallest absolute Gasteiger partial charge is 0.252 e. The fourth-order valence-electron chi connectivity index (χ4n) is 1.98. The first-order valence-corrected chi connectivity index (χ1v) is 8.72. The Morgan fingerprint density at radius 3 is 2.44 bits per heavy atom. The molecule has 6 nitrogen and oxygen atoms in total. The molecule has 0 aliphatic carbocycles. The maximum Gasteiger partial charge on any atom is 0.252 e. The molecule has 0 heterocycles. The molecule has 0 unspecified atom stereocenters. The van der Waals surface area contributed by atoms with Crippen LogP contribution in [0.2, 0.25) is 0 Å². The third-order valence-corrected chi connectivity index (χ3v) is 4.16. The lowest BCUT2D eigenvalue weighted by atomic mass is 10.2. The Labute approximate surface area is 160 Å². The molecule has 0 saturated carbocycles. The topological polar surface area (TPSA) is 76.7 Å². The Balaban J connectivity index is 1.80. The van der Waals surface area contributed by atoms with Crippen molar-refractivity contribution in [2.45, 2.75) is 0 Å². The van der Waals surface area contributed by atoms with Gasteiger partial charge in [0.05, 0.1) is 18.7 Å². The van der Waals surface area contributed by atoms with Crippen LogP contribution in [0, 0.1) is 3.57 Å². The summed E-state index contributed by atoms with van der Waals surface area (Å²) < 4.78 is 11.2. The maximum absolute atomic E-state index is 12.1. The number of methoxy groups -OCH3 is 1. The number of hydrogen-bond donors (Lipinski definition) is 2. The van der Waals surface area contributed by atoms with E-state index in [1.807, 2.05) is 12.1 Å². The standard InChI is InChI=1S/C18H19IN2O4/c1-24-10-11-25-14-8-6-13(7-9-14)21-17(22)12-20-18(23)15-4-2-3-5-16(15)19/h2-9H,10-12H2,1H3,(H,20,23)(H,21,22). The van der Waals surface area contributed by atoms with Crippen LogP contribution in [0.5, 0.6) is 5.75 Å². The lowest BCUT2D eigenvalue weighted by molar-refractivity contribution is -0.115. The minimum atomic E-state index is -0.299. The van der Waals surface area contributed by atoms with Crippen molar-refractivity contribution in [1.82, 2.24) is 5.32 Å². The van der Waals surface area contributed by atoms with Gasteiger partial charge in [-0.15, -0.1) is 0 Å². The second-order valence-corrected chi connectivity index (χ2v) is 6.24. The van der Waals surface area contributed by atoms with Gasteiger partial charge in [-0.2, -0.15) is 0 Å². The number of anilines is 1. The van der Waals surface area contributed by atoms with Gasteiger partial charge in [0.2, 0.25) is 5.91 Å². The number of hydrogen-bond acceptors (Lipinski definition) is 4. The fourth-order valence-corrected chi connectivity index (χ4v) is 2.62. The molecule has 0 atom stereocenters. The molecule has 0 saturated heterocycles. The molecule has 0 aliphatic heterocycles. The lowest BCUT2D eigenvalue weighted by Gasteiger charge is -2.09. The highest BCUT2D eigenvalue weighted by atomic mass is 127. The molecule has 0 aromatic heterocycles. The molecule has 7 heteroatoms. The summed E-state index contributed by atoms with van der Waals surface area (Å²) in [6.45, 7) is 0.876. The zero-order chi connectivity index (χ0) is 18.1. The first kappa shape index (κ1) is 19.2. The van der Waals surface area contributed by atoms with E-state index in [9.17, 15) is 9.59 Å². The van der Waals surface area contributed by atoms with Crippen LogP contribution in [-0.4, -0.2) is 38.7 Å². The Kier molecular flexibility index (Phi) is 7.68. The largest absolute Gasteiger partial charge is 0.491 e. The van der Waals surface area contributed by atoms with Crippen molar-refractivity contribution < 1.29 is 19.1 Å². The van der Waals surface area contributed by atoms with Crippen LogP contribution in [0.4, 0.5) is 5.69 Å². The minimum Gasteiger partial charge on any atom is -0.491 e. The minimum absolute atomic E-state index is 0.101. The van der Waals surface area contributed by atoms with Gasteiger partial charge in [0, 0.05) is 16.4 Å². The van der Waals surface area contributed by atoms with E-state index in [1.165, 1.54) is 0 Å². The average molecular weight is 454 g/mol. The van der Waals surface area contributed by atoms with Crippen LogP contribution < -0.4 is 15.4 Å². The summed E-state index contributed by atoms with van der Waals surface area (Å²) in [5, 5.41) is 5.33. The molecule has 2 amide bonds. The molecule has 132 valence electrons. The second-order valence-electron chi connectivity index (χ2n) is 5.08. The SMILES string of the molecule is COCCOc1ccc(NC(=O)CNC(=O)c2ccccc2I)cc1. The molecule has 0 bridgehead atoms. The van der Waals surface area contributed by atoms with Gasteiger partial charge in [-0.25, -0.2) is 0 Å². The van der Waals surface area contributed by atoms with E-state index in [2.05, 4.69) is 33.2 Å². The van der Waals surface area contributed by atoms with Crippen molar-refractivity contribution in [3.8, 4) is 5.75 Å². The van der Waals surface area contributed by atoms with Crippen molar-refractivity contribution >= 4 is 40.1 Å². The Hall–Kier alpha value is -2.13. The van der Waals surface area contributed by atoms with E-state index in [4.69, 9.17) is 9.47 Å². The molecule has 0 aliphatic rings. The summed E-state index contributed by atoms with van der Waals surface area (Å²) in [4.78, 5) is 24.0. The first-order valence-electron chi connectivity index (χ1n) is 7.64. The summed E-state index contributed by atoms with van der Waals surface area (Å²) in [5.41, 5.74) is 1.18. The summed E-state index contributed by atoms with van der Waals surface area (Å²) >= 11 is 2.08. The number of amides is 2. The van der Waals surface area contributed by atoms with Crippen molar-refractivity contribution in [1.29, 1.82) is 0 Å². The summed E-state index contributed by atoms with van der Waals surface area (Å²) in [7, 11) is 1.61. The van der Waals surface area contributed by atoms with Crippen molar-refractivity contribution in [2.75, 3.05) is 32.2 Å². The average Bonchev–Trinajstić information content (AvgIpc) is 2.62. The number of carbonyl (C=O) groups is 2. The van der Waals surface area contributed by atoms with E-state index in [0.717, 1.165) is 3.57 Å². The summed E-state index contributed by atoms with van der Waals surface area (Å²) in [5.74, 6) is 0.122. The van der Waals surface area contributed by atoms with Crippen LogP contribution in [0.1, 0.15) is 10.4 Å². The van der Waals surface area contributed by atoms with Gasteiger partial charge < -0.3 is 20.1 Å². The normalized spacial score (nSPS) is 10.2. The van der Waals surface area contributed by atoms with E-state index in [-0.39, 0.29) is 18.4 Å². The second kappa shape index (κ2) is 10.00. The number of nitrogens with one attached hydrogen (secondary N) is 2. The summed E-state index contributed by atoms with van der Waals surface area (Å²) in [6, 6.07) is 14.2. The molecule has 2 rings (SSSR count). The highest BCUT2D eigenvalue weighted by Crippen LogP contribution is 2.15. The number of halogens is 1. The van der Waals surface area contributed by atoms with Gasteiger partial charge in [0.1, 0.15) is 12.4 Å². The van der Waals surface area contributed by atoms with Gasteiger partial charge in [0.15, 0.2) is 0 Å². The number of carbonyl (C=O) groups excluding carboxylic acids is 2. The predicted octanol–water partition coefficient (Wildman–Crippen LogP) is 2.68. The molecule has 2 aromatic carbocycles. The van der Waals surface area contributed by atoms with Gasteiger partial charge in [-0.3, -0.25) is 9.59 Å². The van der Waals surface area contributed by atoms with Gasteiger partial charge in [-0.05, 0) is 59.0 Å². The molecule has 2 aromatic rings. The summed E-state index contributed by atoms with van der Waals surface area (Å²) in [6.07, 6.45) is 0. The molecule has 25 heavy (non-hydrogen) atoms. The predicted molar refractivity (Wildman–Crippen MR) is 104 cm³/mol. The first-order chi connectivity index (χ1) is 12.1. The molecule has 0 spiro atoms. The Morgan fingerprint density at radius 1 is 1.04 bits per heavy atom. The zero-order valence-corrected chi connectivity index (χ0v) is 15.9. The van der Waals surface area contributed by atoms with Crippen molar-refractivity contribution in [2.24, 2.45) is 0 Å². The van der Waals surface area contributed by atoms with Crippen molar-refractivity contribution in [3.05, 3.63) is 57.7 Å². The zero-order valence-electron chi connectivity index (χ0n) is 13.8. The monoisotopic (exact) mass is 454 g/mol. The number of benzene rings is 2. The Morgan fingerprint density at radius 2 is 1.76 bits per heavy atom. The van der Waals surface area contributed by atoms with E-state index in [0.29, 0.717) is 30.2 Å².